The molecule has 6 nitrogen and oxygen atoms in total. The number of aryl methyl sites for hydroxylation is 3. The van der Waals surface area contributed by atoms with E-state index in [0.29, 0.717) is 18.9 Å². The number of aromatic nitrogens is 1. The number of aliphatic hydroxyl groups is 1. The Morgan fingerprint density at radius 3 is 2.46 bits per heavy atom. The van der Waals surface area contributed by atoms with Gasteiger partial charge in [0.15, 0.2) is 0 Å². The van der Waals surface area contributed by atoms with Crippen molar-refractivity contribution in [1.82, 2.24) is 20.5 Å². The van der Waals surface area contributed by atoms with Gasteiger partial charge in [-0.25, -0.2) is 0 Å². The molecule has 4 N–H and O–H groups in total. The van der Waals surface area contributed by atoms with E-state index in [0.717, 1.165) is 40.7 Å². The number of carbonyl (C=O) groups is 1. The molecule has 0 aliphatic heterocycles. The van der Waals surface area contributed by atoms with Gasteiger partial charge in [-0.3, -0.25) is 10.1 Å². The summed E-state index contributed by atoms with van der Waals surface area (Å²) in [5, 5.41) is 18.6. The number of hydrogen-bond acceptors (Lipinski definition) is 4. The van der Waals surface area contributed by atoms with Crippen molar-refractivity contribution in [1.29, 1.82) is 0 Å². The summed E-state index contributed by atoms with van der Waals surface area (Å²) in [6, 6.07) is 12.2. The molecule has 6 heteroatoms. The molecule has 1 aromatic heterocycles. The molecular weight excluding hydrogens is 436 g/mol. The molecule has 1 amide bonds. The van der Waals surface area contributed by atoms with Crippen LogP contribution in [0.5, 0.6) is 0 Å². The minimum absolute atomic E-state index is 0.0668. The molecule has 0 radical (unpaired) electrons. The third kappa shape index (κ3) is 6.51. The molecule has 2 aromatic carbocycles. The summed E-state index contributed by atoms with van der Waals surface area (Å²) < 4.78 is 0. The number of fused-ring (bicyclic) bond motifs is 1. The largest absolute Gasteiger partial charge is 0.373 e. The normalized spacial score (nSPS) is 15.5. The average molecular weight is 477 g/mol. The first-order valence-electron chi connectivity index (χ1n) is 12.7. The lowest BCUT2D eigenvalue weighted by atomic mass is 10.0. The number of H-pyrrole nitrogens is 1. The first kappa shape index (κ1) is 25.4. The van der Waals surface area contributed by atoms with Gasteiger partial charge in [-0.15, -0.1) is 0 Å². The average Bonchev–Trinajstić information content (AvgIpc) is 3.57. The Hall–Kier alpha value is -2.67. The lowest BCUT2D eigenvalue weighted by Crippen LogP contribution is -2.45. The molecule has 0 bridgehead atoms. The van der Waals surface area contributed by atoms with Crippen molar-refractivity contribution in [3.8, 4) is 0 Å². The van der Waals surface area contributed by atoms with E-state index in [1.807, 2.05) is 6.92 Å². The predicted octanol–water partition coefficient (Wildman–Crippen LogP) is 4.61. The number of benzene rings is 2. The van der Waals surface area contributed by atoms with Crippen LogP contribution in [-0.2, 0) is 17.9 Å². The lowest BCUT2D eigenvalue weighted by Gasteiger charge is -2.22. The molecule has 2 atom stereocenters. The van der Waals surface area contributed by atoms with Gasteiger partial charge in [0.25, 0.3) is 0 Å². The Kier molecular flexibility index (Phi) is 7.95. The van der Waals surface area contributed by atoms with Gasteiger partial charge in [0, 0.05) is 24.0 Å². The second kappa shape index (κ2) is 10.9. The number of carbonyl (C=O) groups excluding carboxylic acids is 1. The van der Waals surface area contributed by atoms with Gasteiger partial charge in [-0.1, -0.05) is 43.2 Å². The van der Waals surface area contributed by atoms with Crippen molar-refractivity contribution in [3.63, 3.8) is 0 Å². The maximum absolute atomic E-state index is 13.2. The fourth-order valence-electron chi connectivity index (χ4n) is 5.02. The standard InChI is InChI=1S/C29H40N4O2/c1-18-14-19(2)26-20(3)27(31-25(26)15-18)29(35)32-24(13-12-21-6-7-21)28(34)30-16-22-8-10-23(11-9-22)17-33(4)5/h8-11,14-15,21,24,29,31-32,35H,6-7,12-13,16-17H2,1-5H3,(H,30,34). The summed E-state index contributed by atoms with van der Waals surface area (Å²) in [6.45, 7) is 7.57. The zero-order valence-corrected chi connectivity index (χ0v) is 21.7. The molecule has 1 heterocycles. The number of amides is 1. The van der Waals surface area contributed by atoms with Crippen molar-refractivity contribution in [2.45, 2.75) is 71.8 Å². The van der Waals surface area contributed by atoms with E-state index in [-0.39, 0.29) is 5.91 Å². The van der Waals surface area contributed by atoms with Crippen LogP contribution in [0.3, 0.4) is 0 Å². The third-order valence-corrected chi connectivity index (χ3v) is 7.03. The second-order valence-corrected chi connectivity index (χ2v) is 10.6. The molecular formula is C29H40N4O2. The van der Waals surface area contributed by atoms with Gasteiger partial charge in [0.2, 0.25) is 5.91 Å². The highest BCUT2D eigenvalue weighted by Crippen LogP contribution is 2.34. The van der Waals surface area contributed by atoms with Crippen LogP contribution in [0, 0.1) is 26.7 Å². The van der Waals surface area contributed by atoms with Crippen LogP contribution in [0.1, 0.15) is 65.4 Å². The number of rotatable bonds is 11. The molecule has 3 aromatic rings. The van der Waals surface area contributed by atoms with E-state index in [4.69, 9.17) is 0 Å². The highest BCUT2D eigenvalue weighted by Gasteiger charge is 2.28. The minimum atomic E-state index is -0.942. The van der Waals surface area contributed by atoms with Gasteiger partial charge < -0.3 is 20.3 Å². The highest BCUT2D eigenvalue weighted by atomic mass is 16.3. The van der Waals surface area contributed by atoms with Gasteiger partial charge >= 0.3 is 0 Å². The SMILES string of the molecule is Cc1cc(C)c2c(C)c(C(O)NC(CCC3CC3)C(=O)NCc3ccc(CN(C)C)cc3)[nH]c2c1. The molecule has 1 fully saturated rings. The van der Waals surface area contributed by atoms with E-state index in [1.54, 1.807) is 0 Å². The first-order valence-corrected chi connectivity index (χ1v) is 12.7. The first-order chi connectivity index (χ1) is 16.7. The summed E-state index contributed by atoms with van der Waals surface area (Å²) in [6.07, 6.45) is 3.27. The van der Waals surface area contributed by atoms with Crippen molar-refractivity contribution in [3.05, 3.63) is 69.9 Å². The maximum atomic E-state index is 13.2. The zero-order chi connectivity index (χ0) is 25.1. The van der Waals surface area contributed by atoms with Crippen LogP contribution in [0.4, 0.5) is 0 Å². The van der Waals surface area contributed by atoms with Crippen LogP contribution in [0.15, 0.2) is 36.4 Å². The summed E-state index contributed by atoms with van der Waals surface area (Å²) in [5.41, 5.74) is 7.46. The molecule has 1 aliphatic carbocycles. The van der Waals surface area contributed by atoms with Crippen LogP contribution >= 0.6 is 0 Å². The fourth-order valence-corrected chi connectivity index (χ4v) is 5.02. The van der Waals surface area contributed by atoms with Crippen molar-refractivity contribution < 1.29 is 9.90 Å². The van der Waals surface area contributed by atoms with Gasteiger partial charge in [0.1, 0.15) is 6.23 Å². The molecule has 0 saturated heterocycles. The minimum Gasteiger partial charge on any atom is -0.373 e. The quantitative estimate of drug-likeness (QED) is 0.305. The Bertz CT molecular complexity index is 1160. The number of aromatic amines is 1. The van der Waals surface area contributed by atoms with Gasteiger partial charge in [-0.05, 0) is 87.5 Å². The lowest BCUT2D eigenvalue weighted by molar-refractivity contribution is -0.124. The molecule has 35 heavy (non-hydrogen) atoms. The topological polar surface area (TPSA) is 80.4 Å². The molecule has 4 rings (SSSR count). The van der Waals surface area contributed by atoms with Gasteiger partial charge in [-0.2, -0.15) is 0 Å². The van der Waals surface area contributed by atoms with Crippen LogP contribution in [0.2, 0.25) is 0 Å². The second-order valence-electron chi connectivity index (χ2n) is 10.6. The van der Waals surface area contributed by atoms with Crippen LogP contribution in [0.25, 0.3) is 10.9 Å². The zero-order valence-electron chi connectivity index (χ0n) is 21.7. The highest BCUT2D eigenvalue weighted by molar-refractivity contribution is 5.88. The number of nitrogens with one attached hydrogen (secondary N) is 3. The van der Waals surface area contributed by atoms with Crippen LogP contribution in [-0.4, -0.2) is 41.0 Å². The molecule has 1 saturated carbocycles. The molecule has 188 valence electrons. The maximum Gasteiger partial charge on any atom is 0.237 e. The number of aliphatic hydroxyl groups excluding tert-OH is 1. The Morgan fingerprint density at radius 1 is 1.11 bits per heavy atom. The predicted molar refractivity (Wildman–Crippen MR) is 142 cm³/mol. The Balaban J connectivity index is 1.43. The van der Waals surface area contributed by atoms with E-state index in [9.17, 15) is 9.90 Å². The van der Waals surface area contributed by atoms with Crippen molar-refractivity contribution >= 4 is 16.8 Å². The summed E-state index contributed by atoms with van der Waals surface area (Å²) >= 11 is 0. The Labute approximate surface area is 209 Å². The summed E-state index contributed by atoms with van der Waals surface area (Å²) in [4.78, 5) is 18.7. The summed E-state index contributed by atoms with van der Waals surface area (Å²) in [5.74, 6) is 0.650. The molecule has 2 unspecified atom stereocenters. The van der Waals surface area contributed by atoms with Crippen molar-refractivity contribution in [2.75, 3.05) is 14.1 Å². The summed E-state index contributed by atoms with van der Waals surface area (Å²) in [7, 11) is 4.10. The van der Waals surface area contributed by atoms with Gasteiger partial charge in [0.05, 0.1) is 11.7 Å². The van der Waals surface area contributed by atoms with E-state index >= 15 is 0 Å². The number of hydrogen-bond donors (Lipinski definition) is 4. The molecule has 1 aliphatic rings. The Morgan fingerprint density at radius 2 is 1.80 bits per heavy atom. The van der Waals surface area contributed by atoms with E-state index in [2.05, 4.69) is 84.9 Å². The molecule has 0 spiro atoms. The van der Waals surface area contributed by atoms with Crippen LogP contribution < -0.4 is 10.6 Å². The van der Waals surface area contributed by atoms with E-state index in [1.165, 1.54) is 29.5 Å². The smallest absolute Gasteiger partial charge is 0.237 e. The monoisotopic (exact) mass is 476 g/mol. The van der Waals surface area contributed by atoms with E-state index < -0.39 is 12.3 Å². The van der Waals surface area contributed by atoms with Crippen molar-refractivity contribution in [2.24, 2.45) is 5.92 Å². The fraction of sp³-hybridized carbons (Fsp3) is 0.483. The third-order valence-electron chi connectivity index (χ3n) is 7.03. The number of nitrogens with zero attached hydrogens (tertiary/aromatic N) is 1.